The highest BCUT2D eigenvalue weighted by atomic mass is 16.5. The molecule has 0 aromatic heterocycles. The summed E-state index contributed by atoms with van der Waals surface area (Å²) >= 11 is 0. The smallest absolute Gasteiger partial charge is 0.233 e. The van der Waals surface area contributed by atoms with Gasteiger partial charge in [0.2, 0.25) is 5.91 Å². The van der Waals surface area contributed by atoms with Crippen LogP contribution in [0, 0.1) is 11.3 Å². The summed E-state index contributed by atoms with van der Waals surface area (Å²) in [5.41, 5.74) is 5.06. The van der Waals surface area contributed by atoms with Crippen LogP contribution in [-0.2, 0) is 9.53 Å². The Bertz CT molecular complexity index is 370. The van der Waals surface area contributed by atoms with Gasteiger partial charge in [0, 0.05) is 19.8 Å². The van der Waals surface area contributed by atoms with E-state index >= 15 is 0 Å². The molecule has 0 unspecified atom stereocenters. The maximum Gasteiger partial charge on any atom is 0.233 e. The summed E-state index contributed by atoms with van der Waals surface area (Å²) < 4.78 is 5.33. The molecule has 0 spiro atoms. The Hall–Kier alpha value is -1.30. The van der Waals surface area contributed by atoms with Gasteiger partial charge in [0.1, 0.15) is 5.41 Å². The van der Waals surface area contributed by atoms with E-state index in [0.717, 1.165) is 51.7 Å². The van der Waals surface area contributed by atoms with Crippen molar-refractivity contribution in [2.45, 2.75) is 51.4 Å². The molecule has 0 aromatic carbocycles. The third kappa shape index (κ3) is 3.87. The molecule has 1 aliphatic carbocycles. The van der Waals surface area contributed by atoms with Gasteiger partial charge < -0.3 is 21.0 Å². The molecular formula is C15H27N3O3. The van der Waals surface area contributed by atoms with Crippen LogP contribution in [0.25, 0.3) is 0 Å². The largest absolute Gasteiger partial charge is 0.409 e. The standard InChI is InChI=1S/C15H27N3O3/c16-13(18-20)15(7-3-1-2-4-8-15)14(19)17-11-12-5-9-21-10-6-12/h12,20H,1-11H2,(H2,16,18)(H,17,19). The number of hydrogen-bond donors (Lipinski definition) is 3. The first-order valence-corrected chi connectivity index (χ1v) is 8.03. The lowest BCUT2D eigenvalue weighted by Gasteiger charge is -2.31. The minimum Gasteiger partial charge on any atom is -0.409 e. The first-order valence-electron chi connectivity index (χ1n) is 8.03. The lowest BCUT2D eigenvalue weighted by atomic mass is 9.78. The molecule has 2 fully saturated rings. The Morgan fingerprint density at radius 3 is 2.43 bits per heavy atom. The van der Waals surface area contributed by atoms with Crippen LogP contribution in [0.4, 0.5) is 0 Å². The molecule has 1 amide bonds. The summed E-state index contributed by atoms with van der Waals surface area (Å²) in [4.78, 5) is 12.7. The van der Waals surface area contributed by atoms with Gasteiger partial charge in [0.15, 0.2) is 5.84 Å². The highest BCUT2D eigenvalue weighted by molar-refractivity contribution is 6.06. The minimum absolute atomic E-state index is 0.0638. The number of hydrogen-bond acceptors (Lipinski definition) is 4. The molecule has 2 aliphatic rings. The number of nitrogens with one attached hydrogen (secondary N) is 1. The first kappa shape index (κ1) is 16.1. The van der Waals surface area contributed by atoms with E-state index in [1.54, 1.807) is 0 Å². The molecule has 21 heavy (non-hydrogen) atoms. The molecule has 120 valence electrons. The Balaban J connectivity index is 1.99. The predicted octanol–water partition coefficient (Wildman–Crippen LogP) is 1.62. The number of nitrogens with zero attached hydrogens (tertiary/aromatic N) is 1. The number of amides is 1. The van der Waals surface area contributed by atoms with Gasteiger partial charge in [-0.25, -0.2) is 0 Å². The molecule has 0 atom stereocenters. The monoisotopic (exact) mass is 297 g/mol. The fraction of sp³-hybridized carbons (Fsp3) is 0.867. The van der Waals surface area contributed by atoms with Crippen molar-refractivity contribution in [3.8, 4) is 0 Å². The zero-order valence-corrected chi connectivity index (χ0v) is 12.6. The molecule has 4 N–H and O–H groups in total. The lowest BCUT2D eigenvalue weighted by molar-refractivity contribution is -0.128. The number of oxime groups is 1. The molecule has 6 heteroatoms. The Morgan fingerprint density at radius 1 is 1.24 bits per heavy atom. The van der Waals surface area contributed by atoms with Crippen LogP contribution in [-0.4, -0.2) is 36.7 Å². The van der Waals surface area contributed by atoms with Crippen LogP contribution in [0.3, 0.4) is 0 Å². The number of rotatable bonds is 4. The van der Waals surface area contributed by atoms with Gasteiger partial charge in [0.05, 0.1) is 0 Å². The topological polar surface area (TPSA) is 96.9 Å². The van der Waals surface area contributed by atoms with Gasteiger partial charge in [-0.15, -0.1) is 0 Å². The number of carbonyl (C=O) groups excluding carboxylic acids is 1. The number of nitrogens with two attached hydrogens (primary N) is 1. The normalized spacial score (nSPS) is 24.3. The van der Waals surface area contributed by atoms with Crippen molar-refractivity contribution in [3.05, 3.63) is 0 Å². The molecule has 1 heterocycles. The molecule has 6 nitrogen and oxygen atoms in total. The van der Waals surface area contributed by atoms with Crippen molar-refractivity contribution in [2.75, 3.05) is 19.8 Å². The van der Waals surface area contributed by atoms with Crippen LogP contribution in [0.2, 0.25) is 0 Å². The second kappa shape index (κ2) is 7.64. The van der Waals surface area contributed by atoms with E-state index in [4.69, 9.17) is 15.7 Å². The lowest BCUT2D eigenvalue weighted by Crippen LogP contribution is -2.50. The van der Waals surface area contributed by atoms with Crippen LogP contribution < -0.4 is 11.1 Å². The van der Waals surface area contributed by atoms with Crippen LogP contribution >= 0.6 is 0 Å². The van der Waals surface area contributed by atoms with E-state index in [2.05, 4.69) is 10.5 Å². The van der Waals surface area contributed by atoms with Gasteiger partial charge in [-0.2, -0.15) is 0 Å². The predicted molar refractivity (Wildman–Crippen MR) is 80.1 cm³/mol. The highest BCUT2D eigenvalue weighted by Gasteiger charge is 2.43. The summed E-state index contributed by atoms with van der Waals surface area (Å²) in [5, 5.41) is 15.3. The fourth-order valence-electron chi connectivity index (χ4n) is 3.38. The average Bonchev–Trinajstić information content (AvgIpc) is 2.79. The van der Waals surface area contributed by atoms with Crippen molar-refractivity contribution in [1.29, 1.82) is 0 Å². The van der Waals surface area contributed by atoms with E-state index < -0.39 is 5.41 Å². The zero-order valence-electron chi connectivity index (χ0n) is 12.6. The molecule has 1 saturated carbocycles. The van der Waals surface area contributed by atoms with Crippen molar-refractivity contribution in [2.24, 2.45) is 22.2 Å². The molecule has 1 saturated heterocycles. The van der Waals surface area contributed by atoms with Gasteiger partial charge >= 0.3 is 0 Å². The van der Waals surface area contributed by atoms with Crippen LogP contribution in [0.1, 0.15) is 51.4 Å². The van der Waals surface area contributed by atoms with Crippen molar-refractivity contribution >= 4 is 11.7 Å². The SMILES string of the molecule is NC(=NO)C1(C(=O)NCC2CCOCC2)CCCCCC1. The maximum absolute atomic E-state index is 12.7. The first-order chi connectivity index (χ1) is 10.2. The second-order valence-electron chi connectivity index (χ2n) is 6.25. The van der Waals surface area contributed by atoms with Crippen LogP contribution in [0.15, 0.2) is 5.16 Å². The van der Waals surface area contributed by atoms with Crippen molar-refractivity contribution in [3.63, 3.8) is 0 Å². The Morgan fingerprint density at radius 2 is 1.86 bits per heavy atom. The van der Waals surface area contributed by atoms with E-state index in [-0.39, 0.29) is 11.7 Å². The van der Waals surface area contributed by atoms with Gasteiger partial charge in [-0.3, -0.25) is 4.79 Å². The van der Waals surface area contributed by atoms with E-state index in [1.807, 2.05) is 0 Å². The van der Waals surface area contributed by atoms with Gasteiger partial charge in [0.25, 0.3) is 0 Å². The molecule has 0 aromatic rings. The molecule has 2 rings (SSSR count). The maximum atomic E-state index is 12.7. The van der Waals surface area contributed by atoms with Gasteiger partial charge in [-0.1, -0.05) is 30.8 Å². The summed E-state index contributed by atoms with van der Waals surface area (Å²) in [6.07, 6.45) is 7.40. The number of amidine groups is 1. The van der Waals surface area contributed by atoms with Crippen LogP contribution in [0.5, 0.6) is 0 Å². The number of carbonyl (C=O) groups is 1. The van der Waals surface area contributed by atoms with E-state index in [1.165, 1.54) is 0 Å². The quantitative estimate of drug-likeness (QED) is 0.241. The molecule has 1 aliphatic heterocycles. The Kier molecular flexibility index (Phi) is 5.85. The average molecular weight is 297 g/mol. The van der Waals surface area contributed by atoms with E-state index in [0.29, 0.717) is 25.3 Å². The summed E-state index contributed by atoms with van der Waals surface area (Å²) in [7, 11) is 0. The molecular weight excluding hydrogens is 270 g/mol. The minimum atomic E-state index is -0.823. The van der Waals surface area contributed by atoms with E-state index in [9.17, 15) is 4.79 Å². The molecule has 0 bridgehead atoms. The third-order valence-electron chi connectivity index (χ3n) is 4.88. The summed E-state index contributed by atoms with van der Waals surface area (Å²) in [5.74, 6) is 0.456. The zero-order chi connectivity index (χ0) is 15.1. The fourth-order valence-corrected chi connectivity index (χ4v) is 3.38. The van der Waals surface area contributed by atoms with Crippen molar-refractivity contribution in [1.82, 2.24) is 5.32 Å². The third-order valence-corrected chi connectivity index (χ3v) is 4.88. The van der Waals surface area contributed by atoms with Crippen molar-refractivity contribution < 1.29 is 14.7 Å². The second-order valence-corrected chi connectivity index (χ2v) is 6.25. The highest BCUT2D eigenvalue weighted by Crippen LogP contribution is 2.35. The Labute approximate surface area is 126 Å². The van der Waals surface area contributed by atoms with Gasteiger partial charge in [-0.05, 0) is 31.6 Å². The molecule has 0 radical (unpaired) electrons. The summed E-state index contributed by atoms with van der Waals surface area (Å²) in [6, 6.07) is 0. The summed E-state index contributed by atoms with van der Waals surface area (Å²) in [6.45, 7) is 2.19. The number of ether oxygens (including phenoxy) is 1.